The summed E-state index contributed by atoms with van der Waals surface area (Å²) >= 11 is 0. The molecule has 0 radical (unpaired) electrons. The van der Waals surface area contributed by atoms with Gasteiger partial charge in [0.1, 0.15) is 6.54 Å². The van der Waals surface area contributed by atoms with Gasteiger partial charge in [-0.15, -0.1) is 0 Å². The minimum atomic E-state index is -3.75. The molecule has 0 aromatic heterocycles. The summed E-state index contributed by atoms with van der Waals surface area (Å²) in [4.78, 5) is 27.2. The Hall–Kier alpha value is -3.05. The molecular weight excluding hydrogens is 418 g/mol. The van der Waals surface area contributed by atoms with Gasteiger partial charge in [0.15, 0.2) is 11.6 Å². The number of amides is 3. The van der Waals surface area contributed by atoms with Crippen molar-refractivity contribution in [1.29, 1.82) is 0 Å². The average Bonchev–Trinajstić information content (AvgIpc) is 3.04. The van der Waals surface area contributed by atoms with Crippen LogP contribution in [0.15, 0.2) is 47.4 Å². The molecule has 0 unspecified atom stereocenters. The molecular formula is C19H20F2N4O4S. The normalized spacial score (nSPS) is 14.3. The van der Waals surface area contributed by atoms with Gasteiger partial charge in [0, 0.05) is 31.4 Å². The lowest BCUT2D eigenvalue weighted by molar-refractivity contribution is -0.121. The Balaban J connectivity index is 1.48. The summed E-state index contributed by atoms with van der Waals surface area (Å²) in [5.74, 6) is -2.41. The Kier molecular flexibility index (Phi) is 6.32. The maximum absolute atomic E-state index is 13.4. The molecule has 0 atom stereocenters. The fourth-order valence-electron chi connectivity index (χ4n) is 3.04. The predicted octanol–water partition coefficient (Wildman–Crippen LogP) is 1.21. The summed E-state index contributed by atoms with van der Waals surface area (Å²) in [5.41, 5.74) is 1.04. The third-order valence-corrected chi connectivity index (χ3v) is 5.56. The molecule has 1 saturated heterocycles. The van der Waals surface area contributed by atoms with Crippen LogP contribution in [0.2, 0.25) is 0 Å². The first-order valence-corrected chi connectivity index (χ1v) is 10.6. The molecule has 1 heterocycles. The van der Waals surface area contributed by atoms with Crippen LogP contribution in [0, 0.1) is 11.6 Å². The van der Waals surface area contributed by atoms with Crippen molar-refractivity contribution in [2.45, 2.75) is 11.3 Å². The van der Waals surface area contributed by atoms with E-state index < -0.39 is 27.7 Å². The van der Waals surface area contributed by atoms with E-state index in [9.17, 15) is 26.8 Å². The predicted molar refractivity (Wildman–Crippen MR) is 105 cm³/mol. The highest BCUT2D eigenvalue weighted by molar-refractivity contribution is 7.89. The van der Waals surface area contributed by atoms with Crippen LogP contribution >= 0.6 is 0 Å². The Bertz CT molecular complexity index is 1060. The number of nitrogens with zero attached hydrogens (tertiary/aromatic N) is 2. The number of hydrogen-bond donors (Lipinski definition) is 2. The highest BCUT2D eigenvalue weighted by Gasteiger charge is 2.31. The number of carbonyl (C=O) groups is 2. The highest BCUT2D eigenvalue weighted by atomic mass is 32.2. The van der Waals surface area contributed by atoms with Crippen molar-refractivity contribution < 1.29 is 26.8 Å². The lowest BCUT2D eigenvalue weighted by Crippen LogP contribution is -2.40. The maximum Gasteiger partial charge on any atom is 0.325 e. The van der Waals surface area contributed by atoms with Gasteiger partial charge in [-0.3, -0.25) is 9.69 Å². The number of hydrogen-bond acceptors (Lipinski definition) is 4. The standard InChI is InChI=1S/C19H20F2N4O4S/c20-16-6-3-14(11-17(16)21)25-10-9-24(19(25)27)12-18(26)23-8-7-13-1-4-15(5-2-13)30(22,28)29/h1-6,11H,7-10,12H2,(H,23,26)(H2,22,28,29). The fourth-order valence-corrected chi connectivity index (χ4v) is 3.56. The van der Waals surface area contributed by atoms with Crippen molar-refractivity contribution in [3.63, 3.8) is 0 Å². The minimum absolute atomic E-state index is 0.00780. The molecule has 2 aromatic rings. The van der Waals surface area contributed by atoms with Crippen LogP contribution in [0.4, 0.5) is 19.3 Å². The number of rotatable bonds is 7. The van der Waals surface area contributed by atoms with Crippen LogP contribution in [-0.4, -0.2) is 51.4 Å². The third-order valence-electron chi connectivity index (χ3n) is 4.63. The molecule has 1 aliphatic rings. The zero-order chi connectivity index (χ0) is 21.9. The molecule has 0 bridgehead atoms. The lowest BCUT2D eigenvalue weighted by atomic mass is 10.1. The number of urea groups is 1. The number of carbonyl (C=O) groups excluding carboxylic acids is 2. The van der Waals surface area contributed by atoms with Crippen molar-refractivity contribution in [3.05, 3.63) is 59.7 Å². The number of benzene rings is 2. The van der Waals surface area contributed by atoms with E-state index in [1.807, 2.05) is 0 Å². The smallest absolute Gasteiger partial charge is 0.325 e. The number of nitrogens with one attached hydrogen (secondary N) is 1. The SMILES string of the molecule is NS(=O)(=O)c1ccc(CCNC(=O)CN2CCN(c3ccc(F)c(F)c3)C2=O)cc1. The number of halogens is 2. The van der Waals surface area contributed by atoms with Gasteiger partial charge in [-0.25, -0.2) is 27.1 Å². The Morgan fingerprint density at radius 3 is 2.40 bits per heavy atom. The first kappa shape index (κ1) is 21.7. The molecule has 11 heteroatoms. The second-order valence-electron chi connectivity index (χ2n) is 6.74. The van der Waals surface area contributed by atoms with Crippen molar-refractivity contribution in [2.24, 2.45) is 5.14 Å². The van der Waals surface area contributed by atoms with Gasteiger partial charge >= 0.3 is 6.03 Å². The number of anilines is 1. The monoisotopic (exact) mass is 438 g/mol. The van der Waals surface area contributed by atoms with Crippen molar-refractivity contribution >= 4 is 27.6 Å². The Morgan fingerprint density at radius 2 is 1.77 bits per heavy atom. The highest BCUT2D eigenvalue weighted by Crippen LogP contribution is 2.22. The summed E-state index contributed by atoms with van der Waals surface area (Å²) in [7, 11) is -3.75. The zero-order valence-corrected chi connectivity index (χ0v) is 16.7. The number of sulfonamides is 1. The second-order valence-corrected chi connectivity index (χ2v) is 8.30. The molecule has 3 N–H and O–H groups in total. The van der Waals surface area contributed by atoms with Gasteiger partial charge in [-0.1, -0.05) is 12.1 Å². The molecule has 3 rings (SSSR count). The molecule has 0 spiro atoms. The van der Waals surface area contributed by atoms with Gasteiger partial charge in [-0.2, -0.15) is 0 Å². The van der Waals surface area contributed by atoms with E-state index in [4.69, 9.17) is 5.14 Å². The zero-order valence-electron chi connectivity index (χ0n) is 15.8. The maximum atomic E-state index is 13.4. The van der Waals surface area contributed by atoms with E-state index in [1.54, 1.807) is 12.1 Å². The van der Waals surface area contributed by atoms with Gasteiger partial charge in [0.25, 0.3) is 0 Å². The van der Waals surface area contributed by atoms with E-state index in [-0.39, 0.29) is 36.1 Å². The molecule has 3 amide bonds. The summed E-state index contributed by atoms with van der Waals surface area (Å²) in [6, 6.07) is 8.73. The largest absolute Gasteiger partial charge is 0.354 e. The summed E-state index contributed by atoms with van der Waals surface area (Å²) in [6.07, 6.45) is 0.464. The second kappa shape index (κ2) is 8.76. The minimum Gasteiger partial charge on any atom is -0.354 e. The molecule has 1 aliphatic heterocycles. The van der Waals surface area contributed by atoms with E-state index in [2.05, 4.69) is 5.32 Å². The van der Waals surface area contributed by atoms with E-state index in [0.29, 0.717) is 13.0 Å². The first-order chi connectivity index (χ1) is 14.1. The number of nitrogens with two attached hydrogens (primary N) is 1. The molecule has 2 aromatic carbocycles. The first-order valence-electron chi connectivity index (χ1n) is 9.05. The Morgan fingerprint density at radius 1 is 1.07 bits per heavy atom. The van der Waals surface area contributed by atoms with E-state index in [0.717, 1.165) is 17.7 Å². The molecule has 8 nitrogen and oxygen atoms in total. The number of primary sulfonamides is 1. The van der Waals surface area contributed by atoms with E-state index in [1.165, 1.54) is 28.0 Å². The van der Waals surface area contributed by atoms with Crippen LogP contribution < -0.4 is 15.4 Å². The average molecular weight is 438 g/mol. The third kappa shape index (κ3) is 5.10. The van der Waals surface area contributed by atoms with Gasteiger partial charge in [0.2, 0.25) is 15.9 Å². The lowest BCUT2D eigenvalue weighted by Gasteiger charge is -2.18. The van der Waals surface area contributed by atoms with Crippen molar-refractivity contribution in [3.8, 4) is 0 Å². The molecule has 1 fully saturated rings. The summed E-state index contributed by atoms with van der Waals surface area (Å²) in [5, 5.41) is 7.73. The van der Waals surface area contributed by atoms with Crippen LogP contribution in [0.25, 0.3) is 0 Å². The van der Waals surface area contributed by atoms with E-state index >= 15 is 0 Å². The summed E-state index contributed by atoms with van der Waals surface area (Å²) < 4.78 is 48.9. The summed E-state index contributed by atoms with van der Waals surface area (Å²) in [6.45, 7) is 0.666. The topological polar surface area (TPSA) is 113 Å². The van der Waals surface area contributed by atoms with Gasteiger partial charge in [-0.05, 0) is 36.2 Å². The molecule has 0 aliphatic carbocycles. The molecule has 160 valence electrons. The van der Waals surface area contributed by atoms with Crippen molar-refractivity contribution in [2.75, 3.05) is 31.1 Å². The van der Waals surface area contributed by atoms with Crippen LogP contribution in [0.1, 0.15) is 5.56 Å². The van der Waals surface area contributed by atoms with Crippen LogP contribution in [0.3, 0.4) is 0 Å². The quantitative estimate of drug-likeness (QED) is 0.677. The van der Waals surface area contributed by atoms with Crippen LogP contribution in [0.5, 0.6) is 0 Å². The Labute approximate surface area is 172 Å². The van der Waals surface area contributed by atoms with Gasteiger partial charge in [0.05, 0.1) is 4.90 Å². The van der Waals surface area contributed by atoms with Crippen molar-refractivity contribution in [1.82, 2.24) is 10.2 Å². The van der Waals surface area contributed by atoms with Gasteiger partial charge < -0.3 is 10.2 Å². The molecule has 30 heavy (non-hydrogen) atoms. The fraction of sp³-hybridized carbons (Fsp3) is 0.263. The van der Waals surface area contributed by atoms with Crippen LogP contribution in [-0.2, 0) is 21.2 Å². The molecule has 0 saturated carbocycles.